The molecule has 0 fully saturated rings. The van der Waals surface area contributed by atoms with Crippen LogP contribution < -0.4 is 10.1 Å². The molecule has 2 aromatic rings. The minimum Gasteiger partial charge on any atom is -0.480 e. The van der Waals surface area contributed by atoms with Crippen molar-refractivity contribution in [2.75, 3.05) is 13.7 Å². The van der Waals surface area contributed by atoms with Gasteiger partial charge in [0.1, 0.15) is 11.5 Å². The lowest BCUT2D eigenvalue weighted by Gasteiger charge is -2.21. The van der Waals surface area contributed by atoms with Crippen molar-refractivity contribution in [2.24, 2.45) is 0 Å². The molecule has 0 bridgehead atoms. The molecule has 0 aliphatic rings. The Morgan fingerprint density at radius 2 is 2.05 bits per heavy atom. The second kappa shape index (κ2) is 7.13. The van der Waals surface area contributed by atoms with E-state index in [2.05, 4.69) is 22.2 Å². The third-order valence-electron chi connectivity index (χ3n) is 3.31. The summed E-state index contributed by atoms with van der Waals surface area (Å²) in [6, 6.07) is 4.53. The Morgan fingerprint density at radius 3 is 2.76 bits per heavy atom. The van der Waals surface area contributed by atoms with Crippen molar-refractivity contribution < 1.29 is 9.13 Å². The van der Waals surface area contributed by atoms with Crippen LogP contribution in [0.15, 0.2) is 30.6 Å². The van der Waals surface area contributed by atoms with Gasteiger partial charge in [0.2, 0.25) is 5.88 Å². The van der Waals surface area contributed by atoms with E-state index in [9.17, 15) is 4.39 Å². The first-order valence-corrected chi connectivity index (χ1v) is 7.01. The van der Waals surface area contributed by atoms with E-state index in [1.165, 1.54) is 12.1 Å². The molecule has 1 atom stereocenters. The van der Waals surface area contributed by atoms with Crippen LogP contribution in [0.1, 0.15) is 36.2 Å². The molecule has 0 saturated heterocycles. The van der Waals surface area contributed by atoms with E-state index in [1.807, 2.05) is 6.92 Å². The monoisotopic (exact) mass is 289 g/mol. The van der Waals surface area contributed by atoms with Gasteiger partial charge in [-0.25, -0.2) is 9.37 Å². The summed E-state index contributed by atoms with van der Waals surface area (Å²) in [5.74, 6) is 0.191. The van der Waals surface area contributed by atoms with Crippen molar-refractivity contribution in [1.82, 2.24) is 15.3 Å². The summed E-state index contributed by atoms with van der Waals surface area (Å²) in [4.78, 5) is 8.56. The first-order chi connectivity index (χ1) is 10.2. The van der Waals surface area contributed by atoms with E-state index < -0.39 is 0 Å². The topological polar surface area (TPSA) is 47.0 Å². The molecule has 1 aromatic heterocycles. The number of aromatic nitrogens is 2. The van der Waals surface area contributed by atoms with Crippen LogP contribution in [-0.4, -0.2) is 23.6 Å². The fourth-order valence-corrected chi connectivity index (χ4v) is 2.26. The van der Waals surface area contributed by atoms with Gasteiger partial charge in [0, 0.05) is 12.4 Å². The quantitative estimate of drug-likeness (QED) is 0.888. The molecule has 0 saturated carbocycles. The van der Waals surface area contributed by atoms with Gasteiger partial charge in [0.05, 0.1) is 13.2 Å². The predicted octanol–water partition coefficient (Wildman–Crippen LogP) is 3.02. The number of nitrogens with zero attached hydrogens (tertiary/aromatic N) is 2. The second-order valence-corrected chi connectivity index (χ2v) is 4.84. The van der Waals surface area contributed by atoms with Gasteiger partial charge in [-0.05, 0) is 43.1 Å². The van der Waals surface area contributed by atoms with Crippen LogP contribution in [0, 0.1) is 12.7 Å². The Kier molecular flexibility index (Phi) is 5.22. The summed E-state index contributed by atoms with van der Waals surface area (Å²) in [6.45, 7) is 4.83. The van der Waals surface area contributed by atoms with Crippen LogP contribution in [0.4, 0.5) is 4.39 Å². The summed E-state index contributed by atoms with van der Waals surface area (Å²) in [5.41, 5.74) is 2.52. The van der Waals surface area contributed by atoms with Crippen LogP contribution in [0.25, 0.3) is 0 Å². The fourth-order valence-electron chi connectivity index (χ4n) is 2.26. The molecule has 1 heterocycles. The Morgan fingerprint density at radius 1 is 1.29 bits per heavy atom. The lowest BCUT2D eigenvalue weighted by molar-refractivity contribution is 0.382. The minimum absolute atomic E-state index is 0.246. The molecule has 1 aromatic carbocycles. The van der Waals surface area contributed by atoms with Crippen molar-refractivity contribution in [3.05, 3.63) is 53.2 Å². The summed E-state index contributed by atoms with van der Waals surface area (Å²) in [7, 11) is 1.56. The molecule has 0 aliphatic carbocycles. The average molecular weight is 289 g/mol. The first kappa shape index (κ1) is 15.4. The van der Waals surface area contributed by atoms with E-state index in [0.29, 0.717) is 11.6 Å². The minimum atomic E-state index is -0.262. The van der Waals surface area contributed by atoms with E-state index in [4.69, 9.17) is 4.74 Å². The lowest BCUT2D eigenvalue weighted by Crippen LogP contribution is -2.25. The zero-order chi connectivity index (χ0) is 15.2. The predicted molar refractivity (Wildman–Crippen MR) is 79.9 cm³/mol. The molecule has 2 rings (SSSR count). The molecule has 4 nitrogen and oxygen atoms in total. The molecule has 112 valence electrons. The summed E-state index contributed by atoms with van der Waals surface area (Å²) < 4.78 is 18.9. The normalized spacial score (nSPS) is 12.2. The van der Waals surface area contributed by atoms with Gasteiger partial charge >= 0.3 is 0 Å². The Bertz CT molecular complexity index is 604. The zero-order valence-corrected chi connectivity index (χ0v) is 12.6. The highest BCUT2D eigenvalue weighted by Gasteiger charge is 2.22. The van der Waals surface area contributed by atoms with E-state index in [0.717, 1.165) is 24.1 Å². The molecular weight excluding hydrogens is 269 g/mol. The van der Waals surface area contributed by atoms with Crippen molar-refractivity contribution in [1.29, 1.82) is 0 Å². The van der Waals surface area contributed by atoms with Crippen LogP contribution >= 0.6 is 0 Å². The number of benzene rings is 1. The molecule has 21 heavy (non-hydrogen) atoms. The summed E-state index contributed by atoms with van der Waals surface area (Å²) >= 11 is 0. The maximum absolute atomic E-state index is 13.6. The zero-order valence-electron chi connectivity index (χ0n) is 12.6. The fraction of sp³-hybridized carbons (Fsp3) is 0.375. The SMILES string of the molecule is CCCNC(c1cc(F)ccc1C)c1nccnc1OC. The first-order valence-electron chi connectivity index (χ1n) is 7.01. The third kappa shape index (κ3) is 3.55. The van der Waals surface area contributed by atoms with Crippen molar-refractivity contribution in [2.45, 2.75) is 26.3 Å². The standard InChI is InChI=1S/C16H20FN3O/c1-4-7-18-14(13-10-12(17)6-5-11(13)2)15-16(21-3)20-9-8-19-15/h5-6,8-10,14,18H,4,7H2,1-3H3. The third-order valence-corrected chi connectivity index (χ3v) is 3.31. The number of rotatable bonds is 6. The number of ether oxygens (including phenoxy) is 1. The number of hydrogen-bond donors (Lipinski definition) is 1. The van der Waals surface area contributed by atoms with Crippen molar-refractivity contribution in [3.8, 4) is 5.88 Å². The average Bonchev–Trinajstić information content (AvgIpc) is 2.51. The highest BCUT2D eigenvalue weighted by molar-refractivity contribution is 5.37. The number of methoxy groups -OCH3 is 1. The van der Waals surface area contributed by atoms with E-state index in [1.54, 1.807) is 25.6 Å². The smallest absolute Gasteiger partial charge is 0.237 e. The molecule has 0 radical (unpaired) electrons. The van der Waals surface area contributed by atoms with Crippen molar-refractivity contribution >= 4 is 0 Å². The highest BCUT2D eigenvalue weighted by Crippen LogP contribution is 2.29. The van der Waals surface area contributed by atoms with E-state index in [-0.39, 0.29) is 11.9 Å². The van der Waals surface area contributed by atoms with Gasteiger partial charge in [0.15, 0.2) is 0 Å². The molecule has 0 aliphatic heterocycles. The molecule has 5 heteroatoms. The van der Waals surface area contributed by atoms with Crippen LogP contribution in [0.2, 0.25) is 0 Å². The molecule has 1 unspecified atom stereocenters. The van der Waals surface area contributed by atoms with Crippen molar-refractivity contribution in [3.63, 3.8) is 0 Å². The van der Waals surface area contributed by atoms with Gasteiger partial charge in [-0.15, -0.1) is 0 Å². The number of halogens is 1. The second-order valence-electron chi connectivity index (χ2n) is 4.84. The number of aryl methyl sites for hydroxylation is 1. The van der Waals surface area contributed by atoms with Crippen LogP contribution in [-0.2, 0) is 0 Å². The van der Waals surface area contributed by atoms with Crippen LogP contribution in [0.3, 0.4) is 0 Å². The summed E-state index contributed by atoms with van der Waals surface area (Å²) in [5, 5.41) is 3.40. The van der Waals surface area contributed by atoms with Gasteiger partial charge < -0.3 is 10.1 Å². The van der Waals surface area contributed by atoms with Gasteiger partial charge in [0.25, 0.3) is 0 Å². The number of hydrogen-bond acceptors (Lipinski definition) is 4. The highest BCUT2D eigenvalue weighted by atomic mass is 19.1. The van der Waals surface area contributed by atoms with Gasteiger partial charge in [-0.3, -0.25) is 4.98 Å². The maximum atomic E-state index is 13.6. The molecule has 0 amide bonds. The Balaban J connectivity index is 2.49. The largest absolute Gasteiger partial charge is 0.480 e. The van der Waals surface area contributed by atoms with E-state index >= 15 is 0 Å². The number of nitrogens with one attached hydrogen (secondary N) is 1. The lowest BCUT2D eigenvalue weighted by atomic mass is 9.98. The molecule has 1 N–H and O–H groups in total. The molecule has 0 spiro atoms. The Labute approximate surface area is 124 Å². The maximum Gasteiger partial charge on any atom is 0.237 e. The van der Waals surface area contributed by atoms with Crippen LogP contribution in [0.5, 0.6) is 5.88 Å². The van der Waals surface area contributed by atoms with Gasteiger partial charge in [-0.1, -0.05) is 13.0 Å². The summed E-state index contributed by atoms with van der Waals surface area (Å²) in [6.07, 6.45) is 4.16. The van der Waals surface area contributed by atoms with Gasteiger partial charge in [-0.2, -0.15) is 0 Å². The Hall–Kier alpha value is -2.01. The molecular formula is C16H20FN3O.